The Balaban J connectivity index is 2.05. The third-order valence-electron chi connectivity index (χ3n) is 3.28. The van der Waals surface area contributed by atoms with E-state index in [4.69, 9.17) is 29.6 Å². The molecule has 18 heavy (non-hydrogen) atoms. The van der Waals surface area contributed by atoms with Crippen LogP contribution in [0.1, 0.15) is 29.6 Å². The summed E-state index contributed by atoms with van der Waals surface area (Å²) in [5, 5.41) is 3.54. The number of thiocarbonyl (C=S) groups is 1. The van der Waals surface area contributed by atoms with Gasteiger partial charge in [-0.05, 0) is 31.0 Å². The molecule has 0 aliphatic heterocycles. The Morgan fingerprint density at radius 1 is 1.44 bits per heavy atom. The number of hydrogen-bond acceptors (Lipinski definition) is 2. The molecule has 3 nitrogen and oxygen atoms in total. The lowest BCUT2D eigenvalue weighted by molar-refractivity contribution is 0.0934. The lowest BCUT2D eigenvalue weighted by atomic mass is 10.0. The first kappa shape index (κ1) is 13.3. The largest absolute Gasteiger partial charge is 0.393 e. The van der Waals surface area contributed by atoms with Gasteiger partial charge in [0, 0.05) is 22.5 Å². The van der Waals surface area contributed by atoms with Crippen molar-refractivity contribution in [2.24, 2.45) is 11.7 Å². The van der Waals surface area contributed by atoms with Gasteiger partial charge >= 0.3 is 0 Å². The molecule has 5 heteroatoms. The fourth-order valence-electron chi connectivity index (χ4n) is 2.35. The number of carbonyl (C=O) groups excluding carboxylic acids is 1. The highest BCUT2D eigenvalue weighted by Crippen LogP contribution is 2.26. The molecule has 1 aliphatic rings. The maximum Gasteiger partial charge on any atom is 0.251 e. The van der Waals surface area contributed by atoms with Crippen molar-refractivity contribution in [3.05, 3.63) is 34.9 Å². The zero-order valence-corrected chi connectivity index (χ0v) is 11.4. The third kappa shape index (κ3) is 3.00. The van der Waals surface area contributed by atoms with E-state index in [2.05, 4.69) is 5.32 Å². The van der Waals surface area contributed by atoms with Crippen LogP contribution in [0.5, 0.6) is 0 Å². The second kappa shape index (κ2) is 5.67. The Morgan fingerprint density at radius 2 is 2.22 bits per heavy atom. The second-order valence-electron chi connectivity index (χ2n) is 4.53. The molecule has 96 valence electrons. The predicted octanol–water partition coefficient (Wildman–Crippen LogP) is 2.52. The van der Waals surface area contributed by atoms with Crippen molar-refractivity contribution in [1.29, 1.82) is 0 Å². The van der Waals surface area contributed by atoms with Gasteiger partial charge in [0.05, 0.1) is 4.99 Å². The molecule has 1 aromatic rings. The van der Waals surface area contributed by atoms with Crippen LogP contribution in [0.15, 0.2) is 24.3 Å². The average Bonchev–Trinajstić information content (AvgIpc) is 2.77. The first-order chi connectivity index (χ1) is 8.58. The molecule has 0 spiro atoms. The molecular weight excluding hydrogens is 268 g/mol. The molecular formula is C13H15ClN2OS. The average molecular weight is 283 g/mol. The van der Waals surface area contributed by atoms with Crippen LogP contribution in [0, 0.1) is 5.92 Å². The summed E-state index contributed by atoms with van der Waals surface area (Å²) in [6.07, 6.45) is 2.92. The van der Waals surface area contributed by atoms with Gasteiger partial charge in [-0.1, -0.05) is 36.3 Å². The summed E-state index contributed by atoms with van der Waals surface area (Å²) >= 11 is 10.9. The summed E-state index contributed by atoms with van der Waals surface area (Å²) in [6, 6.07) is 6.95. The van der Waals surface area contributed by atoms with Gasteiger partial charge < -0.3 is 11.1 Å². The number of hydrogen-bond donors (Lipinski definition) is 2. The Morgan fingerprint density at radius 3 is 2.89 bits per heavy atom. The highest BCUT2D eigenvalue weighted by atomic mass is 35.5. The molecule has 1 amide bonds. The van der Waals surface area contributed by atoms with Gasteiger partial charge in [0.15, 0.2) is 0 Å². The van der Waals surface area contributed by atoms with Gasteiger partial charge in [0.25, 0.3) is 5.91 Å². The van der Waals surface area contributed by atoms with E-state index < -0.39 is 0 Å². The molecule has 0 bridgehead atoms. The van der Waals surface area contributed by atoms with Gasteiger partial charge in [-0.3, -0.25) is 4.79 Å². The number of carbonyl (C=O) groups is 1. The number of benzene rings is 1. The van der Waals surface area contributed by atoms with Gasteiger partial charge in [0.1, 0.15) is 0 Å². The molecule has 1 aliphatic carbocycles. The van der Waals surface area contributed by atoms with Gasteiger partial charge in [-0.15, -0.1) is 0 Å². The Kier molecular flexibility index (Phi) is 4.19. The molecule has 0 aromatic heterocycles. The van der Waals surface area contributed by atoms with Gasteiger partial charge in [-0.2, -0.15) is 0 Å². The number of nitrogens with one attached hydrogen (secondary N) is 1. The number of rotatable bonds is 3. The number of halogens is 1. The van der Waals surface area contributed by atoms with E-state index in [9.17, 15) is 4.79 Å². The summed E-state index contributed by atoms with van der Waals surface area (Å²) in [4.78, 5) is 12.6. The van der Waals surface area contributed by atoms with Crippen molar-refractivity contribution < 1.29 is 4.79 Å². The van der Waals surface area contributed by atoms with E-state index in [1.165, 1.54) is 0 Å². The zero-order chi connectivity index (χ0) is 13.1. The third-order valence-corrected chi connectivity index (χ3v) is 3.82. The second-order valence-corrected chi connectivity index (χ2v) is 5.44. The van der Waals surface area contributed by atoms with Crippen molar-refractivity contribution in [2.45, 2.75) is 25.3 Å². The fourth-order valence-corrected chi connectivity index (χ4v) is 2.83. The van der Waals surface area contributed by atoms with Crippen molar-refractivity contribution in [2.75, 3.05) is 0 Å². The van der Waals surface area contributed by atoms with Crippen LogP contribution in [0.3, 0.4) is 0 Å². The molecule has 1 fully saturated rings. The van der Waals surface area contributed by atoms with E-state index >= 15 is 0 Å². The first-order valence-electron chi connectivity index (χ1n) is 5.93. The van der Waals surface area contributed by atoms with Crippen molar-refractivity contribution in [3.63, 3.8) is 0 Å². The summed E-state index contributed by atoms with van der Waals surface area (Å²) < 4.78 is 0. The summed E-state index contributed by atoms with van der Waals surface area (Å²) in [5.74, 6) is -0.00576. The molecule has 1 aromatic carbocycles. The Labute approximate surface area is 117 Å². The van der Waals surface area contributed by atoms with E-state index in [1.807, 2.05) is 0 Å². The minimum absolute atomic E-state index is 0.0500. The van der Waals surface area contributed by atoms with Crippen molar-refractivity contribution in [1.82, 2.24) is 5.32 Å². The molecule has 2 atom stereocenters. The first-order valence-corrected chi connectivity index (χ1v) is 6.72. The normalized spacial score (nSPS) is 22.7. The summed E-state index contributed by atoms with van der Waals surface area (Å²) in [6.45, 7) is 0. The Hall–Kier alpha value is -1.13. The van der Waals surface area contributed by atoms with Crippen LogP contribution in [0.2, 0.25) is 5.02 Å². The van der Waals surface area contributed by atoms with Crippen LogP contribution in [0.25, 0.3) is 0 Å². The molecule has 0 radical (unpaired) electrons. The minimum atomic E-state index is -0.120. The molecule has 2 rings (SSSR count). The monoisotopic (exact) mass is 282 g/mol. The maximum absolute atomic E-state index is 12.1. The molecule has 3 N–H and O–H groups in total. The van der Waals surface area contributed by atoms with Crippen molar-refractivity contribution >= 4 is 34.7 Å². The SMILES string of the molecule is NC(=S)C1CCCC1NC(=O)c1cccc(Cl)c1. The molecule has 0 heterocycles. The lowest BCUT2D eigenvalue weighted by Crippen LogP contribution is -2.41. The van der Waals surface area contributed by atoms with E-state index in [1.54, 1.807) is 24.3 Å². The minimum Gasteiger partial charge on any atom is -0.393 e. The highest BCUT2D eigenvalue weighted by molar-refractivity contribution is 7.80. The summed E-state index contributed by atoms with van der Waals surface area (Å²) in [7, 11) is 0. The van der Waals surface area contributed by atoms with Crippen LogP contribution in [0.4, 0.5) is 0 Å². The van der Waals surface area contributed by atoms with E-state index in [0.717, 1.165) is 19.3 Å². The van der Waals surface area contributed by atoms with Gasteiger partial charge in [0.2, 0.25) is 0 Å². The highest BCUT2D eigenvalue weighted by Gasteiger charge is 2.30. The van der Waals surface area contributed by atoms with E-state index in [-0.39, 0.29) is 17.9 Å². The number of nitrogens with two attached hydrogens (primary N) is 1. The van der Waals surface area contributed by atoms with Crippen LogP contribution in [-0.4, -0.2) is 16.9 Å². The standard InChI is InChI=1S/C13H15ClN2OS/c14-9-4-1-3-8(7-9)13(17)16-11-6-2-5-10(11)12(15)18/h1,3-4,7,10-11H,2,5-6H2,(H2,15,18)(H,16,17). The van der Waals surface area contributed by atoms with Crippen LogP contribution in [-0.2, 0) is 0 Å². The van der Waals surface area contributed by atoms with Crippen LogP contribution >= 0.6 is 23.8 Å². The number of amides is 1. The predicted molar refractivity (Wildman–Crippen MR) is 76.8 cm³/mol. The lowest BCUT2D eigenvalue weighted by Gasteiger charge is -2.19. The maximum atomic E-state index is 12.1. The molecule has 0 saturated heterocycles. The molecule has 2 unspecified atom stereocenters. The van der Waals surface area contributed by atoms with Crippen molar-refractivity contribution in [3.8, 4) is 0 Å². The topological polar surface area (TPSA) is 55.1 Å². The smallest absolute Gasteiger partial charge is 0.251 e. The summed E-state index contributed by atoms with van der Waals surface area (Å²) in [5.41, 5.74) is 6.25. The van der Waals surface area contributed by atoms with E-state index in [0.29, 0.717) is 15.6 Å². The fraction of sp³-hybridized carbons (Fsp3) is 0.385. The van der Waals surface area contributed by atoms with Gasteiger partial charge in [-0.25, -0.2) is 0 Å². The Bertz CT molecular complexity index is 478. The quantitative estimate of drug-likeness (QED) is 0.838. The zero-order valence-electron chi connectivity index (χ0n) is 9.86. The van der Waals surface area contributed by atoms with Crippen LogP contribution < -0.4 is 11.1 Å². The molecule has 1 saturated carbocycles.